The minimum absolute atomic E-state index is 0.0560. The molecule has 8 heteroatoms. The van der Waals surface area contributed by atoms with Crippen molar-refractivity contribution in [2.75, 3.05) is 59.9 Å². The first-order valence-corrected chi connectivity index (χ1v) is 12.6. The van der Waals surface area contributed by atoms with Gasteiger partial charge in [0, 0.05) is 45.8 Å². The Labute approximate surface area is 180 Å². The van der Waals surface area contributed by atoms with Crippen molar-refractivity contribution in [2.45, 2.75) is 31.1 Å². The molecule has 1 amide bonds. The van der Waals surface area contributed by atoms with E-state index in [1.807, 2.05) is 42.3 Å². The van der Waals surface area contributed by atoms with Gasteiger partial charge in [-0.25, -0.2) is 12.7 Å². The zero-order valence-electron chi connectivity index (χ0n) is 18.2. The maximum Gasteiger partial charge on any atom is 0.240 e. The highest BCUT2D eigenvalue weighted by molar-refractivity contribution is 7.88. The van der Waals surface area contributed by atoms with Crippen LogP contribution in [0.4, 0.5) is 0 Å². The van der Waals surface area contributed by atoms with Gasteiger partial charge in [0.15, 0.2) is 0 Å². The average molecular weight is 435 g/mol. The first kappa shape index (κ1) is 21.7. The van der Waals surface area contributed by atoms with Crippen molar-refractivity contribution in [3.8, 4) is 0 Å². The number of piperidine rings is 1. The summed E-state index contributed by atoms with van der Waals surface area (Å²) in [6.07, 6.45) is 2.51. The third-order valence-electron chi connectivity index (χ3n) is 7.21. The molecule has 0 aromatic heterocycles. The van der Waals surface area contributed by atoms with Crippen LogP contribution in [0.3, 0.4) is 0 Å². The highest BCUT2D eigenvalue weighted by Gasteiger charge is 2.48. The van der Waals surface area contributed by atoms with Crippen molar-refractivity contribution in [1.82, 2.24) is 19.0 Å². The normalized spacial score (nSPS) is 26.3. The van der Waals surface area contributed by atoms with Crippen LogP contribution >= 0.6 is 0 Å². The van der Waals surface area contributed by atoms with Gasteiger partial charge < -0.3 is 9.80 Å². The largest absolute Gasteiger partial charge is 0.339 e. The SMILES string of the molecule is CN1CCN(C(=O)C2CC3(CCN(S(=O)(=O)Cc4ccccc4)CC3)CN2C)CC1. The summed E-state index contributed by atoms with van der Waals surface area (Å²) in [7, 11) is 0.834. The number of piperazine rings is 1. The fourth-order valence-electron chi connectivity index (χ4n) is 5.26. The van der Waals surface area contributed by atoms with Crippen LogP contribution in [0.2, 0.25) is 0 Å². The maximum atomic E-state index is 13.1. The van der Waals surface area contributed by atoms with E-state index in [1.54, 1.807) is 4.31 Å². The molecule has 4 rings (SSSR count). The van der Waals surface area contributed by atoms with Crippen LogP contribution in [0.1, 0.15) is 24.8 Å². The van der Waals surface area contributed by atoms with Crippen molar-refractivity contribution < 1.29 is 13.2 Å². The number of likely N-dealkylation sites (tertiary alicyclic amines) is 1. The lowest BCUT2D eigenvalue weighted by Gasteiger charge is -2.38. The van der Waals surface area contributed by atoms with Gasteiger partial charge in [-0.1, -0.05) is 30.3 Å². The molecule has 1 aromatic carbocycles. The number of likely N-dealkylation sites (N-methyl/N-ethyl adjacent to an activating group) is 2. The molecule has 3 aliphatic rings. The molecule has 1 aromatic rings. The van der Waals surface area contributed by atoms with Gasteiger partial charge >= 0.3 is 0 Å². The number of carbonyl (C=O) groups is 1. The van der Waals surface area contributed by atoms with E-state index < -0.39 is 10.0 Å². The van der Waals surface area contributed by atoms with E-state index in [-0.39, 0.29) is 23.1 Å². The summed E-state index contributed by atoms with van der Waals surface area (Å²) >= 11 is 0. The third-order valence-corrected chi connectivity index (χ3v) is 9.06. The Morgan fingerprint density at radius 3 is 2.27 bits per heavy atom. The predicted octanol–water partition coefficient (Wildman–Crippen LogP) is 1.08. The molecule has 0 saturated carbocycles. The molecule has 1 atom stereocenters. The van der Waals surface area contributed by atoms with Crippen molar-refractivity contribution in [3.63, 3.8) is 0 Å². The van der Waals surface area contributed by atoms with Crippen molar-refractivity contribution >= 4 is 15.9 Å². The Hall–Kier alpha value is -1.48. The van der Waals surface area contributed by atoms with Crippen molar-refractivity contribution in [3.05, 3.63) is 35.9 Å². The topological polar surface area (TPSA) is 64.2 Å². The molecule has 166 valence electrons. The second-order valence-corrected chi connectivity index (χ2v) is 11.4. The highest BCUT2D eigenvalue weighted by atomic mass is 32.2. The smallest absolute Gasteiger partial charge is 0.240 e. The van der Waals surface area contributed by atoms with E-state index in [0.717, 1.165) is 57.5 Å². The van der Waals surface area contributed by atoms with E-state index >= 15 is 0 Å². The number of nitrogens with zero attached hydrogens (tertiary/aromatic N) is 4. The van der Waals surface area contributed by atoms with Crippen LogP contribution in [-0.2, 0) is 20.6 Å². The molecule has 3 aliphatic heterocycles. The molecular weight excluding hydrogens is 400 g/mol. The Morgan fingerprint density at radius 2 is 1.63 bits per heavy atom. The first-order valence-electron chi connectivity index (χ1n) is 11.0. The van der Waals surface area contributed by atoms with Gasteiger partial charge in [0.1, 0.15) is 0 Å². The van der Waals surface area contributed by atoms with E-state index in [0.29, 0.717) is 13.1 Å². The summed E-state index contributed by atoms with van der Waals surface area (Å²) in [5.74, 6) is 0.312. The number of rotatable bonds is 4. The minimum Gasteiger partial charge on any atom is -0.339 e. The van der Waals surface area contributed by atoms with Gasteiger partial charge in [0.2, 0.25) is 15.9 Å². The summed E-state index contributed by atoms with van der Waals surface area (Å²) in [4.78, 5) is 19.6. The van der Waals surface area contributed by atoms with Crippen molar-refractivity contribution in [2.24, 2.45) is 5.41 Å². The van der Waals surface area contributed by atoms with Crippen LogP contribution in [0.15, 0.2) is 30.3 Å². The van der Waals surface area contributed by atoms with Gasteiger partial charge in [0.25, 0.3) is 0 Å². The third kappa shape index (κ3) is 4.56. The predicted molar refractivity (Wildman–Crippen MR) is 117 cm³/mol. The molecule has 1 unspecified atom stereocenters. The summed E-state index contributed by atoms with van der Waals surface area (Å²) in [6, 6.07) is 9.31. The molecule has 0 bridgehead atoms. The van der Waals surface area contributed by atoms with Gasteiger partial charge in [0.05, 0.1) is 11.8 Å². The Morgan fingerprint density at radius 1 is 1.00 bits per heavy atom. The number of amides is 1. The van der Waals surface area contributed by atoms with E-state index in [1.165, 1.54) is 0 Å². The van der Waals surface area contributed by atoms with E-state index in [9.17, 15) is 13.2 Å². The molecule has 0 radical (unpaired) electrons. The van der Waals surface area contributed by atoms with Crippen LogP contribution in [0.25, 0.3) is 0 Å². The molecule has 0 N–H and O–H groups in total. The first-order chi connectivity index (χ1) is 14.3. The Balaban J connectivity index is 1.35. The lowest BCUT2D eigenvalue weighted by molar-refractivity contribution is -0.137. The van der Waals surface area contributed by atoms with Crippen LogP contribution < -0.4 is 0 Å². The number of sulfonamides is 1. The lowest BCUT2D eigenvalue weighted by Crippen LogP contribution is -2.52. The van der Waals surface area contributed by atoms with Gasteiger partial charge in [-0.15, -0.1) is 0 Å². The minimum atomic E-state index is -3.31. The zero-order valence-corrected chi connectivity index (χ0v) is 19.0. The van der Waals surface area contributed by atoms with Gasteiger partial charge in [-0.3, -0.25) is 9.69 Å². The summed E-state index contributed by atoms with van der Waals surface area (Å²) in [5, 5.41) is 0. The van der Waals surface area contributed by atoms with Crippen LogP contribution in [0.5, 0.6) is 0 Å². The van der Waals surface area contributed by atoms with Gasteiger partial charge in [-0.05, 0) is 44.3 Å². The summed E-state index contributed by atoms with van der Waals surface area (Å²) in [6.45, 7) is 5.46. The standard InChI is InChI=1S/C22H34N4O3S/c1-23-12-14-25(15-13-23)21(27)20-16-22(18-24(20)2)8-10-26(11-9-22)30(28,29)17-19-6-4-3-5-7-19/h3-7,20H,8-18H2,1-2H3. The molecule has 3 fully saturated rings. The van der Waals surface area contributed by atoms with Crippen LogP contribution in [-0.4, -0.2) is 99.3 Å². The summed E-state index contributed by atoms with van der Waals surface area (Å²) < 4.78 is 27.4. The number of hydrogen-bond acceptors (Lipinski definition) is 5. The molecule has 7 nitrogen and oxygen atoms in total. The fraction of sp³-hybridized carbons (Fsp3) is 0.682. The van der Waals surface area contributed by atoms with E-state index in [2.05, 4.69) is 16.8 Å². The van der Waals surface area contributed by atoms with E-state index in [4.69, 9.17) is 0 Å². The molecule has 3 heterocycles. The maximum absolute atomic E-state index is 13.1. The number of hydrogen-bond donors (Lipinski definition) is 0. The highest BCUT2D eigenvalue weighted by Crippen LogP contribution is 2.43. The quantitative estimate of drug-likeness (QED) is 0.710. The molecule has 30 heavy (non-hydrogen) atoms. The second-order valence-electron chi connectivity index (χ2n) is 9.40. The van der Waals surface area contributed by atoms with Crippen molar-refractivity contribution in [1.29, 1.82) is 0 Å². The molecular formula is C22H34N4O3S. The monoisotopic (exact) mass is 434 g/mol. The van der Waals surface area contributed by atoms with Gasteiger partial charge in [-0.2, -0.15) is 0 Å². The molecule has 1 spiro atoms. The Kier molecular flexibility index (Phi) is 6.21. The fourth-order valence-corrected chi connectivity index (χ4v) is 6.80. The number of benzene rings is 1. The summed E-state index contributed by atoms with van der Waals surface area (Å²) in [5.41, 5.74) is 0.886. The molecule has 3 saturated heterocycles. The average Bonchev–Trinajstić information content (AvgIpc) is 3.04. The number of carbonyl (C=O) groups excluding carboxylic acids is 1. The van der Waals surface area contributed by atoms with Crippen LogP contribution in [0, 0.1) is 5.41 Å². The molecule has 0 aliphatic carbocycles. The second kappa shape index (κ2) is 8.57. The Bertz CT molecular complexity index is 844. The lowest BCUT2D eigenvalue weighted by atomic mass is 9.77. The zero-order chi connectivity index (χ0) is 21.4.